The summed E-state index contributed by atoms with van der Waals surface area (Å²) in [6, 6.07) is 15.1. The van der Waals surface area contributed by atoms with E-state index in [0.717, 1.165) is 11.0 Å². The molecule has 0 spiro atoms. The van der Waals surface area contributed by atoms with Gasteiger partial charge in [0.25, 0.3) is 5.91 Å². The Balaban J connectivity index is 0.00000274. The van der Waals surface area contributed by atoms with Crippen LogP contribution in [0.2, 0.25) is 0 Å². The predicted octanol–water partition coefficient (Wildman–Crippen LogP) is 4.08. The second kappa shape index (κ2) is 8.32. The number of anilines is 2. The lowest BCUT2D eigenvalue weighted by molar-refractivity contribution is 0.0699. The van der Waals surface area contributed by atoms with Gasteiger partial charge in [0.15, 0.2) is 5.72 Å². The molecule has 0 saturated heterocycles. The molecule has 0 aliphatic carbocycles. The smallest absolute Gasteiger partial charge is 0.411 e. The number of ether oxygens (including phenoxy) is 1. The number of nitrogens with zero attached hydrogens (tertiary/aromatic N) is 2. The number of imidazole rings is 1. The lowest BCUT2D eigenvalue weighted by Crippen LogP contribution is -2.45. The first kappa shape index (κ1) is 23.0. The van der Waals surface area contributed by atoms with Gasteiger partial charge in [-0.25, -0.2) is 14.2 Å². The van der Waals surface area contributed by atoms with Crippen LogP contribution in [0.4, 0.5) is 20.8 Å². The van der Waals surface area contributed by atoms with E-state index in [9.17, 15) is 19.1 Å². The zero-order chi connectivity index (χ0) is 23.3. The standard InChI is InChI=1S/C23H17FN4O5.ClH/c1-33-13-7-8-16(24)19(11-13)28-20(29)14-4-2-3-5-15(14)23(28,32)12-6-9-17-18(10-12)26-21(25-17)27-22(30)31;/h2-11,32H,1H3,(H,30,31)(H2,25,26,27);1H. The van der Waals surface area contributed by atoms with E-state index in [2.05, 4.69) is 15.3 Å². The van der Waals surface area contributed by atoms with Crippen molar-refractivity contribution < 1.29 is 28.9 Å². The van der Waals surface area contributed by atoms with Crippen LogP contribution >= 0.6 is 12.4 Å². The van der Waals surface area contributed by atoms with E-state index in [4.69, 9.17) is 9.84 Å². The summed E-state index contributed by atoms with van der Waals surface area (Å²) >= 11 is 0. The summed E-state index contributed by atoms with van der Waals surface area (Å²) in [5, 5.41) is 23.1. The highest BCUT2D eigenvalue weighted by Gasteiger charge is 2.51. The molecule has 3 aromatic carbocycles. The average molecular weight is 485 g/mol. The average Bonchev–Trinajstić information content (AvgIpc) is 3.30. The number of nitrogens with one attached hydrogen (secondary N) is 2. The van der Waals surface area contributed by atoms with Gasteiger partial charge in [-0.15, -0.1) is 12.4 Å². The van der Waals surface area contributed by atoms with Crippen molar-refractivity contribution in [1.29, 1.82) is 0 Å². The highest BCUT2D eigenvalue weighted by molar-refractivity contribution is 6.12. The fourth-order valence-corrected chi connectivity index (χ4v) is 4.10. The number of methoxy groups -OCH3 is 1. The monoisotopic (exact) mass is 484 g/mol. The first-order valence-corrected chi connectivity index (χ1v) is 9.83. The molecule has 1 atom stereocenters. The maximum atomic E-state index is 14.9. The van der Waals surface area contributed by atoms with Crippen molar-refractivity contribution in [2.75, 3.05) is 17.3 Å². The molecule has 1 aliphatic heterocycles. The van der Waals surface area contributed by atoms with Crippen molar-refractivity contribution in [3.8, 4) is 5.75 Å². The molecule has 0 radical (unpaired) electrons. The Morgan fingerprint density at radius 2 is 1.94 bits per heavy atom. The van der Waals surface area contributed by atoms with E-state index < -0.39 is 23.5 Å². The highest BCUT2D eigenvalue weighted by atomic mass is 35.5. The lowest BCUT2D eigenvalue weighted by atomic mass is 9.93. The molecule has 4 N–H and O–H groups in total. The van der Waals surface area contributed by atoms with Gasteiger partial charge in [0.1, 0.15) is 11.6 Å². The van der Waals surface area contributed by atoms with Crippen LogP contribution in [-0.4, -0.2) is 39.3 Å². The van der Waals surface area contributed by atoms with Gasteiger partial charge < -0.3 is 19.9 Å². The number of H-pyrrole nitrogens is 1. The second-order valence-electron chi connectivity index (χ2n) is 7.42. The maximum Gasteiger partial charge on any atom is 0.411 e. The van der Waals surface area contributed by atoms with Crippen LogP contribution in [0.15, 0.2) is 60.7 Å². The van der Waals surface area contributed by atoms with E-state index in [-0.39, 0.29) is 40.7 Å². The molecule has 0 saturated carbocycles. The van der Waals surface area contributed by atoms with Gasteiger partial charge >= 0.3 is 6.09 Å². The summed E-state index contributed by atoms with van der Waals surface area (Å²) in [7, 11) is 1.41. The first-order valence-electron chi connectivity index (χ1n) is 9.83. The molecule has 2 amide bonds. The number of hydrogen-bond acceptors (Lipinski definition) is 5. The van der Waals surface area contributed by atoms with E-state index in [1.165, 1.54) is 25.3 Å². The zero-order valence-electron chi connectivity index (χ0n) is 17.6. The molecule has 174 valence electrons. The van der Waals surface area contributed by atoms with Crippen LogP contribution < -0.4 is 15.0 Å². The van der Waals surface area contributed by atoms with Crippen LogP contribution in [0, 0.1) is 5.82 Å². The topological polar surface area (TPSA) is 128 Å². The molecule has 0 bridgehead atoms. The SMILES string of the molecule is COc1ccc(F)c(N2C(=O)c3ccccc3C2(O)c2ccc3[nH]c(NC(=O)O)nc3c2)c1.Cl. The number of halogens is 2. The Morgan fingerprint density at radius 1 is 1.18 bits per heavy atom. The third-order valence-electron chi connectivity index (χ3n) is 5.56. The number of aliphatic hydroxyl groups is 1. The van der Waals surface area contributed by atoms with Crippen molar-refractivity contribution in [2.24, 2.45) is 0 Å². The van der Waals surface area contributed by atoms with Crippen molar-refractivity contribution >= 4 is 47.1 Å². The molecule has 11 heteroatoms. The summed E-state index contributed by atoms with van der Waals surface area (Å²) in [5.74, 6) is -0.996. The van der Waals surface area contributed by atoms with Crippen LogP contribution in [0.5, 0.6) is 5.75 Å². The van der Waals surface area contributed by atoms with Crippen molar-refractivity contribution in [2.45, 2.75) is 5.72 Å². The summed E-state index contributed by atoms with van der Waals surface area (Å²) in [6.45, 7) is 0. The molecule has 1 unspecified atom stereocenters. The van der Waals surface area contributed by atoms with Gasteiger partial charge in [0, 0.05) is 22.8 Å². The zero-order valence-corrected chi connectivity index (χ0v) is 18.4. The van der Waals surface area contributed by atoms with Gasteiger partial charge in [-0.05, 0) is 30.3 Å². The van der Waals surface area contributed by atoms with Gasteiger partial charge in [-0.3, -0.25) is 15.0 Å². The fourth-order valence-electron chi connectivity index (χ4n) is 4.10. The Morgan fingerprint density at radius 3 is 2.68 bits per heavy atom. The first-order chi connectivity index (χ1) is 15.8. The van der Waals surface area contributed by atoms with Crippen molar-refractivity contribution in [3.05, 3.63) is 83.2 Å². The molecular formula is C23H18ClFN4O5. The lowest BCUT2D eigenvalue weighted by Gasteiger charge is -2.35. The third-order valence-corrected chi connectivity index (χ3v) is 5.56. The molecule has 9 nitrogen and oxygen atoms in total. The molecule has 5 rings (SSSR count). The normalized spacial score (nSPS) is 16.8. The molecule has 0 fully saturated rings. The minimum Gasteiger partial charge on any atom is -0.497 e. The summed E-state index contributed by atoms with van der Waals surface area (Å²) in [4.78, 5) is 32.3. The Labute approximate surface area is 198 Å². The quantitative estimate of drug-likeness (QED) is 0.345. The largest absolute Gasteiger partial charge is 0.497 e. The van der Waals surface area contributed by atoms with Crippen LogP contribution in [0.1, 0.15) is 21.5 Å². The highest BCUT2D eigenvalue weighted by Crippen LogP contribution is 2.46. The Hall–Kier alpha value is -4.15. The minimum atomic E-state index is -2.06. The second-order valence-corrected chi connectivity index (χ2v) is 7.42. The number of carbonyl (C=O) groups excluding carboxylic acids is 1. The van der Waals surface area contributed by atoms with Gasteiger partial charge in [-0.1, -0.05) is 24.3 Å². The van der Waals surface area contributed by atoms with Gasteiger partial charge in [0.2, 0.25) is 5.95 Å². The predicted molar refractivity (Wildman–Crippen MR) is 124 cm³/mol. The van der Waals surface area contributed by atoms with E-state index in [0.29, 0.717) is 16.8 Å². The van der Waals surface area contributed by atoms with Gasteiger partial charge in [0.05, 0.1) is 23.8 Å². The number of benzene rings is 3. The summed E-state index contributed by atoms with van der Waals surface area (Å²) in [5.41, 5.74) is -0.643. The van der Waals surface area contributed by atoms with Crippen LogP contribution in [-0.2, 0) is 5.72 Å². The molecule has 1 aromatic heterocycles. The van der Waals surface area contributed by atoms with Crippen LogP contribution in [0.3, 0.4) is 0 Å². The molecule has 4 aromatic rings. The summed E-state index contributed by atoms with van der Waals surface area (Å²) < 4.78 is 20.1. The van der Waals surface area contributed by atoms with Crippen molar-refractivity contribution in [3.63, 3.8) is 0 Å². The molecular weight excluding hydrogens is 467 g/mol. The number of carbonyl (C=O) groups is 2. The molecule has 34 heavy (non-hydrogen) atoms. The number of aromatic nitrogens is 2. The maximum absolute atomic E-state index is 14.9. The van der Waals surface area contributed by atoms with E-state index in [1.54, 1.807) is 36.4 Å². The van der Waals surface area contributed by atoms with E-state index >= 15 is 0 Å². The summed E-state index contributed by atoms with van der Waals surface area (Å²) in [6.07, 6.45) is -1.29. The number of amides is 2. The number of hydrogen-bond donors (Lipinski definition) is 4. The van der Waals surface area contributed by atoms with E-state index in [1.807, 2.05) is 0 Å². The minimum absolute atomic E-state index is 0. The third kappa shape index (κ3) is 3.40. The van der Waals surface area contributed by atoms with Crippen LogP contribution in [0.25, 0.3) is 11.0 Å². The van der Waals surface area contributed by atoms with Crippen molar-refractivity contribution in [1.82, 2.24) is 9.97 Å². The number of fused-ring (bicyclic) bond motifs is 2. The Bertz CT molecular complexity index is 1440. The number of rotatable bonds is 4. The molecule has 1 aliphatic rings. The fraction of sp³-hybridized carbons (Fsp3) is 0.0870. The Kier molecular flexibility index (Phi) is 5.64. The number of carboxylic acid groups (broad SMARTS) is 1. The number of aromatic amines is 1. The van der Waals surface area contributed by atoms with Gasteiger partial charge in [-0.2, -0.15) is 0 Å². The molecule has 2 heterocycles.